The summed E-state index contributed by atoms with van der Waals surface area (Å²) in [6, 6.07) is 0. The minimum Gasteiger partial charge on any atom is -0.369 e. The van der Waals surface area contributed by atoms with Gasteiger partial charge in [0.05, 0.1) is 17.3 Å². The zero-order chi connectivity index (χ0) is 14.5. The molecule has 5 nitrogen and oxygen atoms in total. The molecule has 6 heteroatoms. The van der Waals surface area contributed by atoms with Crippen LogP contribution in [-0.4, -0.2) is 32.0 Å². The highest BCUT2D eigenvalue weighted by Gasteiger charge is 2.11. The third-order valence-electron chi connectivity index (χ3n) is 2.86. The van der Waals surface area contributed by atoms with E-state index in [0.29, 0.717) is 5.92 Å². The van der Waals surface area contributed by atoms with Crippen LogP contribution in [0, 0.1) is 5.92 Å². The number of nitrogens with zero attached hydrogens (tertiary/aromatic N) is 4. The van der Waals surface area contributed by atoms with Gasteiger partial charge in [-0.1, -0.05) is 20.8 Å². The van der Waals surface area contributed by atoms with E-state index in [1.807, 2.05) is 29.7 Å². The minimum absolute atomic E-state index is 0.693. The van der Waals surface area contributed by atoms with E-state index in [1.54, 1.807) is 0 Å². The minimum atomic E-state index is 0.693. The third kappa shape index (κ3) is 3.62. The molecule has 0 radical (unpaired) electrons. The lowest BCUT2D eigenvalue weighted by molar-refractivity contribution is 0.749. The predicted octanol–water partition coefficient (Wildman–Crippen LogP) is 3.07. The summed E-state index contributed by atoms with van der Waals surface area (Å²) in [5.41, 5.74) is 0.902. The first-order valence-corrected chi connectivity index (χ1v) is 8.27. The molecule has 2 rings (SSSR count). The van der Waals surface area contributed by atoms with E-state index in [4.69, 9.17) is 0 Å². The lowest BCUT2D eigenvalue weighted by Crippen LogP contribution is -2.06. The Morgan fingerprint density at radius 1 is 1.35 bits per heavy atom. The van der Waals surface area contributed by atoms with Gasteiger partial charge in [0.25, 0.3) is 0 Å². The van der Waals surface area contributed by atoms with Gasteiger partial charge in [-0.15, -0.1) is 0 Å². The van der Waals surface area contributed by atoms with Crippen LogP contribution >= 0.6 is 11.8 Å². The van der Waals surface area contributed by atoms with Gasteiger partial charge in [-0.25, -0.2) is 9.97 Å². The molecular formula is C14H23N5S. The summed E-state index contributed by atoms with van der Waals surface area (Å²) in [5.74, 6) is 4.46. The number of aryl methyl sites for hydroxylation is 1. The summed E-state index contributed by atoms with van der Waals surface area (Å²) in [6.45, 7) is 7.52. The first kappa shape index (κ1) is 15.1. The van der Waals surface area contributed by atoms with Crippen molar-refractivity contribution < 1.29 is 0 Å². The maximum Gasteiger partial charge on any atom is 0.163 e. The van der Waals surface area contributed by atoms with Gasteiger partial charge >= 0.3 is 0 Å². The van der Waals surface area contributed by atoms with Gasteiger partial charge in [0.2, 0.25) is 0 Å². The summed E-state index contributed by atoms with van der Waals surface area (Å²) in [4.78, 5) is 9.28. The number of fused-ring (bicyclic) bond motifs is 1. The normalized spacial score (nSPS) is 11.4. The molecule has 0 saturated carbocycles. The highest BCUT2D eigenvalue weighted by atomic mass is 32.2. The molecule has 0 spiro atoms. The van der Waals surface area contributed by atoms with E-state index in [2.05, 4.69) is 41.2 Å². The number of thioether (sulfide) groups is 1. The van der Waals surface area contributed by atoms with Crippen LogP contribution in [0.3, 0.4) is 0 Å². The van der Waals surface area contributed by atoms with E-state index in [9.17, 15) is 0 Å². The molecular weight excluding hydrogens is 270 g/mol. The fourth-order valence-corrected chi connectivity index (χ4v) is 2.80. The number of hydrogen-bond donors (Lipinski definition) is 1. The van der Waals surface area contributed by atoms with Crippen LogP contribution in [0.1, 0.15) is 33.0 Å². The number of nitrogens with one attached hydrogen (secondary N) is 1. The molecule has 0 bridgehead atoms. The van der Waals surface area contributed by atoms with Gasteiger partial charge in [0.15, 0.2) is 5.65 Å². The quantitative estimate of drug-likeness (QED) is 0.850. The fourth-order valence-electron chi connectivity index (χ4n) is 1.90. The fraction of sp³-hybridized carbons (Fsp3) is 0.643. The van der Waals surface area contributed by atoms with Crippen molar-refractivity contribution in [3.8, 4) is 0 Å². The van der Waals surface area contributed by atoms with E-state index >= 15 is 0 Å². The molecule has 0 amide bonds. The number of aromatic nitrogens is 4. The maximum absolute atomic E-state index is 4.65. The maximum atomic E-state index is 4.65. The standard InChI is InChI=1S/C14H23N5S/c1-5-6-15-13-11-7-16-19(4)14(11)18-12(17-13)9-20-8-10(2)3/h7,10H,5-6,8-9H2,1-4H3,(H,15,17,18). The van der Waals surface area contributed by atoms with Gasteiger partial charge in [-0.05, 0) is 18.1 Å². The molecule has 0 aliphatic carbocycles. The Balaban J connectivity index is 2.23. The second-order valence-electron chi connectivity index (χ2n) is 5.33. The Labute approximate surface area is 124 Å². The molecule has 110 valence electrons. The van der Waals surface area contributed by atoms with Crippen molar-refractivity contribution in [2.45, 2.75) is 32.9 Å². The summed E-state index contributed by atoms with van der Waals surface area (Å²) in [7, 11) is 1.92. The molecule has 0 aromatic carbocycles. The van der Waals surface area contributed by atoms with Crippen LogP contribution in [0.5, 0.6) is 0 Å². The molecule has 0 unspecified atom stereocenters. The Hall–Kier alpha value is -1.30. The lowest BCUT2D eigenvalue weighted by Gasteiger charge is -2.09. The van der Waals surface area contributed by atoms with Gasteiger partial charge in [-0.2, -0.15) is 16.9 Å². The molecule has 2 heterocycles. The summed E-state index contributed by atoms with van der Waals surface area (Å²) < 4.78 is 1.81. The van der Waals surface area contributed by atoms with Crippen molar-refractivity contribution in [2.75, 3.05) is 17.6 Å². The van der Waals surface area contributed by atoms with Gasteiger partial charge in [0.1, 0.15) is 11.6 Å². The zero-order valence-electron chi connectivity index (χ0n) is 12.7. The van der Waals surface area contributed by atoms with Crippen LogP contribution in [0.25, 0.3) is 11.0 Å². The van der Waals surface area contributed by atoms with Crippen molar-refractivity contribution in [3.05, 3.63) is 12.0 Å². The first-order valence-electron chi connectivity index (χ1n) is 7.12. The molecule has 0 aliphatic heterocycles. The zero-order valence-corrected chi connectivity index (χ0v) is 13.5. The number of anilines is 1. The first-order chi connectivity index (χ1) is 9.61. The lowest BCUT2D eigenvalue weighted by atomic mass is 10.3. The highest BCUT2D eigenvalue weighted by molar-refractivity contribution is 7.98. The van der Waals surface area contributed by atoms with Gasteiger partial charge in [0, 0.05) is 13.6 Å². The number of hydrogen-bond acceptors (Lipinski definition) is 5. The van der Waals surface area contributed by atoms with Gasteiger partial charge in [-0.3, -0.25) is 4.68 Å². The van der Waals surface area contributed by atoms with Crippen LogP contribution in [0.15, 0.2) is 6.20 Å². The average Bonchev–Trinajstić information content (AvgIpc) is 2.78. The van der Waals surface area contributed by atoms with Crippen molar-refractivity contribution in [1.82, 2.24) is 19.7 Å². The van der Waals surface area contributed by atoms with Crippen molar-refractivity contribution in [2.24, 2.45) is 13.0 Å². The second-order valence-corrected chi connectivity index (χ2v) is 6.36. The molecule has 0 atom stereocenters. The molecule has 0 saturated heterocycles. The topological polar surface area (TPSA) is 55.6 Å². The molecule has 20 heavy (non-hydrogen) atoms. The Bertz CT molecular complexity index is 564. The predicted molar refractivity (Wildman–Crippen MR) is 86.1 cm³/mol. The number of rotatable bonds is 7. The Morgan fingerprint density at radius 2 is 2.15 bits per heavy atom. The average molecular weight is 293 g/mol. The summed E-state index contributed by atoms with van der Waals surface area (Å²) in [5, 5.41) is 8.66. The molecule has 1 N–H and O–H groups in total. The van der Waals surface area contributed by atoms with Crippen molar-refractivity contribution in [3.63, 3.8) is 0 Å². The molecule has 0 aliphatic rings. The molecule has 0 fully saturated rings. The van der Waals surface area contributed by atoms with Gasteiger partial charge < -0.3 is 5.32 Å². The third-order valence-corrected chi connectivity index (χ3v) is 4.23. The van der Waals surface area contributed by atoms with E-state index in [0.717, 1.165) is 47.1 Å². The van der Waals surface area contributed by atoms with Crippen molar-refractivity contribution in [1.29, 1.82) is 0 Å². The molecule has 2 aromatic rings. The van der Waals surface area contributed by atoms with Crippen LogP contribution in [-0.2, 0) is 12.8 Å². The van der Waals surface area contributed by atoms with Crippen LogP contribution < -0.4 is 5.32 Å². The second kappa shape index (κ2) is 6.92. The largest absolute Gasteiger partial charge is 0.369 e. The summed E-state index contributed by atoms with van der Waals surface area (Å²) >= 11 is 1.88. The van der Waals surface area contributed by atoms with Crippen LogP contribution in [0.2, 0.25) is 0 Å². The monoisotopic (exact) mass is 293 g/mol. The molecule has 2 aromatic heterocycles. The highest BCUT2D eigenvalue weighted by Crippen LogP contribution is 2.22. The van der Waals surface area contributed by atoms with E-state index in [1.165, 1.54) is 0 Å². The smallest absolute Gasteiger partial charge is 0.163 e. The Kier molecular flexibility index (Phi) is 5.23. The Morgan fingerprint density at radius 3 is 2.85 bits per heavy atom. The SMILES string of the molecule is CCCNc1nc(CSCC(C)C)nc2c1cnn2C. The van der Waals surface area contributed by atoms with Crippen molar-refractivity contribution >= 4 is 28.6 Å². The van der Waals surface area contributed by atoms with Crippen LogP contribution in [0.4, 0.5) is 5.82 Å². The van der Waals surface area contributed by atoms with E-state index in [-0.39, 0.29) is 0 Å². The van der Waals surface area contributed by atoms with E-state index < -0.39 is 0 Å². The summed E-state index contributed by atoms with van der Waals surface area (Å²) in [6.07, 6.45) is 2.90.